The Balaban J connectivity index is 3.88. The van der Waals surface area contributed by atoms with Crippen LogP contribution in [0.15, 0.2) is 0 Å². The predicted octanol–water partition coefficient (Wildman–Crippen LogP) is 2.50. The zero-order valence-electron chi connectivity index (χ0n) is 7.48. The standard InChI is InChI=1S/C8H15BrO2/c1-5-6(9)7(10)11-8(2,3)4/h6H,5H2,1-4H3/t6-/m0/s1. The Kier molecular flexibility index (Phi) is 4.08. The molecule has 0 aromatic rings. The molecule has 0 unspecified atom stereocenters. The summed E-state index contributed by atoms with van der Waals surface area (Å²) in [6.07, 6.45) is 0.759. The molecule has 66 valence electrons. The quantitative estimate of drug-likeness (QED) is 0.531. The summed E-state index contributed by atoms with van der Waals surface area (Å²) in [6, 6.07) is 0. The third-order valence-electron chi connectivity index (χ3n) is 1.02. The fraction of sp³-hybridized carbons (Fsp3) is 0.875. The van der Waals surface area contributed by atoms with E-state index < -0.39 is 0 Å². The lowest BCUT2D eigenvalue weighted by atomic mass is 10.2. The van der Waals surface area contributed by atoms with Crippen LogP contribution in [0.4, 0.5) is 0 Å². The number of carbonyl (C=O) groups excluding carboxylic acids is 1. The van der Waals surface area contributed by atoms with E-state index in [4.69, 9.17) is 4.74 Å². The normalized spacial score (nSPS) is 14.3. The lowest BCUT2D eigenvalue weighted by molar-refractivity contribution is -0.153. The Labute approximate surface area is 76.4 Å². The van der Waals surface area contributed by atoms with Gasteiger partial charge < -0.3 is 4.74 Å². The van der Waals surface area contributed by atoms with Gasteiger partial charge in [0, 0.05) is 0 Å². The van der Waals surface area contributed by atoms with Crippen LogP contribution in [0.1, 0.15) is 34.1 Å². The zero-order valence-corrected chi connectivity index (χ0v) is 9.06. The van der Waals surface area contributed by atoms with E-state index in [2.05, 4.69) is 15.9 Å². The Morgan fingerprint density at radius 1 is 1.55 bits per heavy atom. The Morgan fingerprint density at radius 2 is 2.00 bits per heavy atom. The fourth-order valence-corrected chi connectivity index (χ4v) is 0.626. The highest BCUT2D eigenvalue weighted by molar-refractivity contribution is 9.10. The summed E-state index contributed by atoms with van der Waals surface area (Å²) >= 11 is 3.22. The first kappa shape index (κ1) is 11.0. The Morgan fingerprint density at radius 3 is 2.27 bits per heavy atom. The molecule has 3 heteroatoms. The van der Waals surface area contributed by atoms with Gasteiger partial charge in [-0.25, -0.2) is 0 Å². The van der Waals surface area contributed by atoms with Crippen molar-refractivity contribution in [2.75, 3.05) is 0 Å². The smallest absolute Gasteiger partial charge is 0.320 e. The number of hydrogen-bond donors (Lipinski definition) is 0. The van der Waals surface area contributed by atoms with Crippen LogP contribution in [0.3, 0.4) is 0 Å². The van der Waals surface area contributed by atoms with Crippen LogP contribution < -0.4 is 0 Å². The van der Waals surface area contributed by atoms with Gasteiger partial charge in [0.25, 0.3) is 0 Å². The second kappa shape index (κ2) is 4.10. The second-order valence-corrected chi connectivity index (χ2v) is 4.51. The average Bonchev–Trinajstić information content (AvgIpc) is 1.82. The first-order chi connectivity index (χ1) is 4.87. The van der Waals surface area contributed by atoms with Crippen LogP contribution in [0.2, 0.25) is 0 Å². The average molecular weight is 223 g/mol. The van der Waals surface area contributed by atoms with Crippen LogP contribution in [-0.2, 0) is 9.53 Å². The molecule has 0 bridgehead atoms. The number of rotatable bonds is 2. The summed E-state index contributed by atoms with van der Waals surface area (Å²) in [4.78, 5) is 11.0. The molecule has 0 heterocycles. The molecule has 1 atom stereocenters. The van der Waals surface area contributed by atoms with Gasteiger partial charge in [-0.2, -0.15) is 0 Å². The van der Waals surface area contributed by atoms with E-state index >= 15 is 0 Å². The molecule has 0 saturated heterocycles. The minimum atomic E-state index is -0.377. The molecule has 2 nitrogen and oxygen atoms in total. The maximum Gasteiger partial charge on any atom is 0.320 e. The highest BCUT2D eigenvalue weighted by atomic mass is 79.9. The van der Waals surface area contributed by atoms with Crippen molar-refractivity contribution in [1.29, 1.82) is 0 Å². The molecule has 0 saturated carbocycles. The van der Waals surface area contributed by atoms with Crippen LogP contribution in [-0.4, -0.2) is 16.4 Å². The monoisotopic (exact) mass is 222 g/mol. The topological polar surface area (TPSA) is 26.3 Å². The van der Waals surface area contributed by atoms with E-state index in [9.17, 15) is 4.79 Å². The highest BCUT2D eigenvalue weighted by Crippen LogP contribution is 2.13. The molecule has 0 aliphatic carbocycles. The number of esters is 1. The van der Waals surface area contributed by atoms with Gasteiger partial charge >= 0.3 is 5.97 Å². The summed E-state index contributed by atoms with van der Waals surface area (Å²) in [6.45, 7) is 7.52. The molecule has 0 aromatic carbocycles. The van der Waals surface area contributed by atoms with Crippen LogP contribution >= 0.6 is 15.9 Å². The molecule has 0 amide bonds. The largest absolute Gasteiger partial charge is 0.459 e. The number of ether oxygens (including phenoxy) is 1. The van der Waals surface area contributed by atoms with Gasteiger partial charge in [-0.1, -0.05) is 22.9 Å². The predicted molar refractivity (Wildman–Crippen MR) is 48.9 cm³/mol. The Hall–Kier alpha value is -0.0500. The van der Waals surface area contributed by atoms with Crippen molar-refractivity contribution in [3.8, 4) is 0 Å². The molecular weight excluding hydrogens is 208 g/mol. The Bertz CT molecular complexity index is 138. The van der Waals surface area contributed by atoms with Gasteiger partial charge in [0.05, 0.1) is 0 Å². The van der Waals surface area contributed by atoms with Crippen LogP contribution in [0.5, 0.6) is 0 Å². The van der Waals surface area contributed by atoms with Crippen LogP contribution in [0, 0.1) is 0 Å². The molecule has 0 aromatic heterocycles. The second-order valence-electron chi connectivity index (χ2n) is 3.41. The lowest BCUT2D eigenvalue weighted by Gasteiger charge is -2.20. The number of carbonyl (C=O) groups is 1. The molecule has 0 spiro atoms. The first-order valence-electron chi connectivity index (χ1n) is 3.73. The molecule has 0 fully saturated rings. The summed E-state index contributed by atoms with van der Waals surface area (Å²) in [7, 11) is 0. The minimum Gasteiger partial charge on any atom is -0.459 e. The van der Waals surface area contributed by atoms with Crippen molar-refractivity contribution in [3.05, 3.63) is 0 Å². The van der Waals surface area contributed by atoms with Crippen molar-refractivity contribution in [2.24, 2.45) is 0 Å². The van der Waals surface area contributed by atoms with Gasteiger partial charge in [0.15, 0.2) is 0 Å². The van der Waals surface area contributed by atoms with E-state index in [-0.39, 0.29) is 16.4 Å². The van der Waals surface area contributed by atoms with Gasteiger partial charge in [-0.05, 0) is 27.2 Å². The fourth-order valence-electron chi connectivity index (χ4n) is 0.532. The van der Waals surface area contributed by atoms with Crippen molar-refractivity contribution >= 4 is 21.9 Å². The van der Waals surface area contributed by atoms with Gasteiger partial charge in [-0.3, -0.25) is 4.79 Å². The first-order valence-corrected chi connectivity index (χ1v) is 4.65. The summed E-state index contributed by atoms with van der Waals surface area (Å²) in [5.41, 5.74) is -0.377. The molecule has 0 radical (unpaired) electrons. The third-order valence-corrected chi connectivity index (χ3v) is 2.04. The molecule has 0 aliphatic rings. The number of alkyl halides is 1. The summed E-state index contributed by atoms with van der Waals surface area (Å²) < 4.78 is 5.10. The van der Waals surface area contributed by atoms with E-state index in [1.54, 1.807) is 0 Å². The molecule has 0 rings (SSSR count). The maximum atomic E-state index is 11.1. The van der Waals surface area contributed by atoms with Crippen LogP contribution in [0.25, 0.3) is 0 Å². The molecule has 0 N–H and O–H groups in total. The SMILES string of the molecule is CC[C@H](Br)C(=O)OC(C)(C)C. The number of halogens is 1. The lowest BCUT2D eigenvalue weighted by Crippen LogP contribution is -2.28. The zero-order chi connectivity index (χ0) is 9.07. The van der Waals surface area contributed by atoms with Gasteiger partial charge in [-0.15, -0.1) is 0 Å². The van der Waals surface area contributed by atoms with Crippen molar-refractivity contribution in [2.45, 2.75) is 44.5 Å². The number of hydrogen-bond acceptors (Lipinski definition) is 2. The highest BCUT2D eigenvalue weighted by Gasteiger charge is 2.21. The van der Waals surface area contributed by atoms with E-state index in [0.29, 0.717) is 0 Å². The molecule has 11 heavy (non-hydrogen) atoms. The van der Waals surface area contributed by atoms with Gasteiger partial charge in [0.1, 0.15) is 10.4 Å². The summed E-state index contributed by atoms with van der Waals surface area (Å²) in [5, 5.41) is 0. The van der Waals surface area contributed by atoms with Crippen molar-refractivity contribution < 1.29 is 9.53 Å². The summed E-state index contributed by atoms with van der Waals surface area (Å²) in [5.74, 6) is -0.181. The van der Waals surface area contributed by atoms with Gasteiger partial charge in [0.2, 0.25) is 0 Å². The molecule has 0 aliphatic heterocycles. The van der Waals surface area contributed by atoms with E-state index in [0.717, 1.165) is 6.42 Å². The minimum absolute atomic E-state index is 0.165. The van der Waals surface area contributed by atoms with E-state index in [1.165, 1.54) is 0 Å². The van der Waals surface area contributed by atoms with E-state index in [1.807, 2.05) is 27.7 Å². The van der Waals surface area contributed by atoms with Crippen molar-refractivity contribution in [3.63, 3.8) is 0 Å². The third kappa shape index (κ3) is 5.24. The van der Waals surface area contributed by atoms with Crippen molar-refractivity contribution in [1.82, 2.24) is 0 Å². The maximum absolute atomic E-state index is 11.1. The molecular formula is C8H15BrO2.